The SMILES string of the molecule is CN(C)CCN1C(N)=NCC1C1CCOCC1. The maximum Gasteiger partial charge on any atom is 0.191 e. The number of aliphatic imine (C=N–C) groups is 1. The van der Waals surface area contributed by atoms with E-state index in [1.165, 1.54) is 0 Å². The zero-order valence-electron chi connectivity index (χ0n) is 10.9. The molecule has 5 nitrogen and oxygen atoms in total. The lowest BCUT2D eigenvalue weighted by Gasteiger charge is -2.35. The molecular weight excluding hydrogens is 216 g/mol. The maximum absolute atomic E-state index is 5.99. The molecule has 0 aromatic heterocycles. The predicted octanol–water partition coefficient (Wildman–Crippen LogP) is -0.0265. The first-order valence-corrected chi connectivity index (χ1v) is 6.47. The number of likely N-dealkylation sites (N-methyl/N-ethyl adjacent to an activating group) is 1. The van der Waals surface area contributed by atoms with Gasteiger partial charge in [-0.3, -0.25) is 4.99 Å². The van der Waals surface area contributed by atoms with Gasteiger partial charge in [0.2, 0.25) is 0 Å². The first-order chi connectivity index (χ1) is 8.18. The molecule has 2 rings (SSSR count). The lowest BCUT2D eigenvalue weighted by molar-refractivity contribution is 0.0436. The second kappa shape index (κ2) is 5.69. The second-order valence-corrected chi connectivity index (χ2v) is 5.21. The molecule has 2 heterocycles. The van der Waals surface area contributed by atoms with Crippen molar-refractivity contribution < 1.29 is 4.74 Å². The number of hydrogen-bond acceptors (Lipinski definition) is 5. The number of rotatable bonds is 4. The molecule has 0 saturated carbocycles. The average molecular weight is 240 g/mol. The van der Waals surface area contributed by atoms with Crippen molar-refractivity contribution in [2.75, 3.05) is 46.9 Å². The third kappa shape index (κ3) is 3.10. The molecule has 98 valence electrons. The van der Waals surface area contributed by atoms with Gasteiger partial charge in [0.15, 0.2) is 5.96 Å². The summed E-state index contributed by atoms with van der Waals surface area (Å²) in [4.78, 5) is 8.89. The minimum absolute atomic E-state index is 0.499. The summed E-state index contributed by atoms with van der Waals surface area (Å²) in [7, 11) is 4.18. The highest BCUT2D eigenvalue weighted by atomic mass is 16.5. The number of ether oxygens (including phenoxy) is 1. The largest absolute Gasteiger partial charge is 0.381 e. The number of hydrogen-bond donors (Lipinski definition) is 1. The molecule has 2 aliphatic rings. The van der Waals surface area contributed by atoms with Crippen LogP contribution in [0.1, 0.15) is 12.8 Å². The van der Waals surface area contributed by atoms with Crippen molar-refractivity contribution in [2.45, 2.75) is 18.9 Å². The normalized spacial score (nSPS) is 26.6. The van der Waals surface area contributed by atoms with Gasteiger partial charge in [0, 0.05) is 26.3 Å². The van der Waals surface area contributed by atoms with Gasteiger partial charge in [0.05, 0.1) is 12.6 Å². The Bertz CT molecular complexity index is 274. The zero-order valence-corrected chi connectivity index (χ0v) is 10.9. The highest BCUT2D eigenvalue weighted by Crippen LogP contribution is 2.25. The Morgan fingerprint density at radius 2 is 2.12 bits per heavy atom. The van der Waals surface area contributed by atoms with Gasteiger partial charge >= 0.3 is 0 Å². The van der Waals surface area contributed by atoms with Crippen LogP contribution in [-0.2, 0) is 4.74 Å². The highest BCUT2D eigenvalue weighted by molar-refractivity contribution is 5.80. The van der Waals surface area contributed by atoms with Crippen LogP contribution >= 0.6 is 0 Å². The molecule has 5 heteroatoms. The van der Waals surface area contributed by atoms with E-state index in [9.17, 15) is 0 Å². The molecule has 1 fully saturated rings. The smallest absolute Gasteiger partial charge is 0.191 e. The molecule has 0 aromatic rings. The van der Waals surface area contributed by atoms with Crippen LogP contribution in [0.2, 0.25) is 0 Å². The Kier molecular flexibility index (Phi) is 4.23. The quantitative estimate of drug-likeness (QED) is 0.750. The molecule has 0 aromatic carbocycles. The van der Waals surface area contributed by atoms with Crippen LogP contribution in [0.5, 0.6) is 0 Å². The molecule has 2 aliphatic heterocycles. The molecular formula is C12H24N4O. The Morgan fingerprint density at radius 1 is 1.41 bits per heavy atom. The van der Waals surface area contributed by atoms with Crippen LogP contribution in [0.4, 0.5) is 0 Å². The van der Waals surface area contributed by atoms with Gasteiger partial charge < -0.3 is 20.3 Å². The summed E-state index contributed by atoms with van der Waals surface area (Å²) in [5.41, 5.74) is 5.99. The standard InChI is InChI=1S/C12H24N4O/c1-15(2)5-6-16-11(9-14-12(16)13)10-3-7-17-8-4-10/h10-11H,3-9H2,1-2H3,(H2,13,14). The third-order valence-corrected chi connectivity index (χ3v) is 3.73. The Morgan fingerprint density at radius 3 is 2.76 bits per heavy atom. The summed E-state index contributed by atoms with van der Waals surface area (Å²) in [6.45, 7) is 4.65. The van der Waals surface area contributed by atoms with Crippen molar-refractivity contribution in [3.63, 3.8) is 0 Å². The van der Waals surface area contributed by atoms with E-state index in [2.05, 4.69) is 28.9 Å². The first kappa shape index (κ1) is 12.6. The van der Waals surface area contributed by atoms with Gasteiger partial charge in [-0.2, -0.15) is 0 Å². The van der Waals surface area contributed by atoms with Crippen LogP contribution in [0.3, 0.4) is 0 Å². The van der Waals surface area contributed by atoms with E-state index in [1.54, 1.807) is 0 Å². The van der Waals surface area contributed by atoms with Crippen LogP contribution < -0.4 is 5.73 Å². The molecule has 1 atom stereocenters. The van der Waals surface area contributed by atoms with Gasteiger partial charge in [0.25, 0.3) is 0 Å². The minimum atomic E-state index is 0.499. The topological polar surface area (TPSA) is 54.1 Å². The van der Waals surface area contributed by atoms with Gasteiger partial charge in [0.1, 0.15) is 0 Å². The van der Waals surface area contributed by atoms with Gasteiger partial charge in [-0.1, -0.05) is 0 Å². The summed E-state index contributed by atoms with van der Waals surface area (Å²) in [6.07, 6.45) is 2.29. The Hall–Kier alpha value is -0.810. The fourth-order valence-corrected chi connectivity index (χ4v) is 2.64. The highest BCUT2D eigenvalue weighted by Gasteiger charge is 2.33. The van der Waals surface area contributed by atoms with Crippen LogP contribution in [0.25, 0.3) is 0 Å². The molecule has 0 aliphatic carbocycles. The summed E-state index contributed by atoms with van der Waals surface area (Å²) in [5, 5.41) is 0. The van der Waals surface area contributed by atoms with E-state index >= 15 is 0 Å². The zero-order chi connectivity index (χ0) is 12.3. The monoisotopic (exact) mass is 240 g/mol. The van der Waals surface area contributed by atoms with E-state index in [1.807, 2.05) is 0 Å². The lowest BCUT2D eigenvalue weighted by atomic mass is 9.91. The van der Waals surface area contributed by atoms with Gasteiger partial charge in [-0.15, -0.1) is 0 Å². The first-order valence-electron chi connectivity index (χ1n) is 6.47. The average Bonchev–Trinajstić information content (AvgIpc) is 2.69. The molecule has 17 heavy (non-hydrogen) atoms. The predicted molar refractivity (Wildman–Crippen MR) is 69.1 cm³/mol. The van der Waals surface area contributed by atoms with Crippen LogP contribution in [0.15, 0.2) is 4.99 Å². The fourth-order valence-electron chi connectivity index (χ4n) is 2.64. The van der Waals surface area contributed by atoms with Crippen molar-refractivity contribution in [3.8, 4) is 0 Å². The van der Waals surface area contributed by atoms with Crippen molar-refractivity contribution >= 4 is 5.96 Å². The third-order valence-electron chi connectivity index (χ3n) is 3.73. The van der Waals surface area contributed by atoms with Crippen molar-refractivity contribution in [1.82, 2.24) is 9.80 Å². The van der Waals surface area contributed by atoms with Crippen LogP contribution in [0, 0.1) is 5.92 Å². The lowest BCUT2D eigenvalue weighted by Crippen LogP contribution is -2.48. The molecule has 1 saturated heterocycles. The van der Waals surface area contributed by atoms with E-state index in [0.717, 1.165) is 51.6 Å². The fraction of sp³-hybridized carbons (Fsp3) is 0.917. The summed E-state index contributed by atoms with van der Waals surface area (Å²) < 4.78 is 5.42. The molecule has 0 amide bonds. The van der Waals surface area contributed by atoms with E-state index in [0.29, 0.717) is 12.0 Å². The molecule has 0 bridgehead atoms. The van der Waals surface area contributed by atoms with Gasteiger partial charge in [-0.25, -0.2) is 0 Å². The van der Waals surface area contributed by atoms with Crippen molar-refractivity contribution in [2.24, 2.45) is 16.6 Å². The van der Waals surface area contributed by atoms with Gasteiger partial charge in [-0.05, 0) is 32.9 Å². The summed E-state index contributed by atoms with van der Waals surface area (Å²) in [6, 6.07) is 0.499. The van der Waals surface area contributed by atoms with Crippen molar-refractivity contribution in [1.29, 1.82) is 0 Å². The molecule has 0 spiro atoms. The van der Waals surface area contributed by atoms with Crippen molar-refractivity contribution in [3.05, 3.63) is 0 Å². The molecule has 2 N–H and O–H groups in total. The Balaban J connectivity index is 1.92. The van der Waals surface area contributed by atoms with E-state index in [-0.39, 0.29) is 0 Å². The number of nitrogens with zero attached hydrogens (tertiary/aromatic N) is 3. The molecule has 0 radical (unpaired) electrons. The Labute approximate surface area is 104 Å². The van der Waals surface area contributed by atoms with Crippen LogP contribution in [-0.4, -0.2) is 68.7 Å². The van der Waals surface area contributed by atoms with E-state index < -0.39 is 0 Å². The maximum atomic E-state index is 5.99. The minimum Gasteiger partial charge on any atom is -0.381 e. The molecule has 1 unspecified atom stereocenters. The number of nitrogens with two attached hydrogens (primary N) is 1. The number of guanidine groups is 1. The van der Waals surface area contributed by atoms with E-state index in [4.69, 9.17) is 10.5 Å². The second-order valence-electron chi connectivity index (χ2n) is 5.21. The summed E-state index contributed by atoms with van der Waals surface area (Å²) in [5.74, 6) is 1.42. The summed E-state index contributed by atoms with van der Waals surface area (Å²) >= 11 is 0.